The van der Waals surface area contributed by atoms with Crippen LogP contribution in [0.15, 0.2) is 24.3 Å². The minimum atomic E-state index is -0.669. The van der Waals surface area contributed by atoms with Crippen molar-refractivity contribution >= 4 is 17.7 Å². The van der Waals surface area contributed by atoms with Gasteiger partial charge in [0, 0.05) is 38.2 Å². The lowest BCUT2D eigenvalue weighted by molar-refractivity contribution is -0.136. The number of piperidine rings is 1. The van der Waals surface area contributed by atoms with Gasteiger partial charge in [-0.1, -0.05) is 20.8 Å². The van der Waals surface area contributed by atoms with Gasteiger partial charge in [0.2, 0.25) is 11.8 Å². The summed E-state index contributed by atoms with van der Waals surface area (Å²) >= 11 is 0. The molecule has 1 N–H and O–H groups in total. The summed E-state index contributed by atoms with van der Waals surface area (Å²) in [5, 5.41) is 2.90. The summed E-state index contributed by atoms with van der Waals surface area (Å²) in [6, 6.07) is 4.62. The Kier molecular flexibility index (Phi) is 8.60. The second-order valence-corrected chi connectivity index (χ2v) is 9.42. The maximum absolute atomic E-state index is 13.2. The van der Waals surface area contributed by atoms with Crippen LogP contribution in [0.3, 0.4) is 0 Å². The minimum Gasteiger partial charge on any atom is -0.343 e. The first-order chi connectivity index (χ1) is 14.6. The molecule has 1 fully saturated rings. The molecule has 6 nitrogen and oxygen atoms in total. The van der Waals surface area contributed by atoms with E-state index in [1.54, 1.807) is 4.90 Å². The molecule has 31 heavy (non-hydrogen) atoms. The van der Waals surface area contributed by atoms with Gasteiger partial charge < -0.3 is 15.1 Å². The van der Waals surface area contributed by atoms with Crippen LogP contribution >= 0.6 is 0 Å². The molecule has 1 saturated heterocycles. The van der Waals surface area contributed by atoms with Crippen LogP contribution in [0.4, 0.5) is 4.39 Å². The van der Waals surface area contributed by atoms with E-state index in [9.17, 15) is 18.8 Å². The van der Waals surface area contributed by atoms with Crippen LogP contribution in [0.25, 0.3) is 0 Å². The Morgan fingerprint density at radius 2 is 1.65 bits per heavy atom. The number of halogens is 1. The highest BCUT2D eigenvalue weighted by molar-refractivity contribution is 5.97. The number of nitrogens with zero attached hydrogens (tertiary/aromatic N) is 2. The Bertz CT molecular complexity index is 761. The van der Waals surface area contributed by atoms with Crippen molar-refractivity contribution in [2.75, 3.05) is 26.2 Å². The third-order valence-electron chi connectivity index (χ3n) is 5.78. The number of hydrogen-bond acceptors (Lipinski definition) is 3. The molecule has 1 aromatic rings. The summed E-state index contributed by atoms with van der Waals surface area (Å²) in [5.74, 6) is -0.847. The largest absolute Gasteiger partial charge is 0.343 e. The summed E-state index contributed by atoms with van der Waals surface area (Å²) in [7, 11) is 0. The molecule has 1 aliphatic rings. The van der Waals surface area contributed by atoms with Crippen molar-refractivity contribution in [1.82, 2.24) is 15.1 Å². The fraction of sp³-hybridized carbons (Fsp3) is 0.625. The van der Waals surface area contributed by atoms with Crippen LogP contribution in [0, 0.1) is 17.2 Å². The molecular weight excluding hydrogens is 397 g/mol. The van der Waals surface area contributed by atoms with Crippen molar-refractivity contribution < 1.29 is 18.8 Å². The number of likely N-dealkylation sites (N-methyl/N-ethyl adjacent to an activating group) is 1. The maximum atomic E-state index is 13.2. The number of carbonyl (C=O) groups is 3. The van der Waals surface area contributed by atoms with Crippen LogP contribution < -0.4 is 5.32 Å². The molecular formula is C24H36FN3O3. The van der Waals surface area contributed by atoms with E-state index in [0.717, 1.165) is 0 Å². The molecule has 0 unspecified atom stereocenters. The number of hydrogen-bond donors (Lipinski definition) is 1. The van der Waals surface area contributed by atoms with Crippen molar-refractivity contribution in [1.29, 1.82) is 0 Å². The second kappa shape index (κ2) is 10.7. The Morgan fingerprint density at radius 1 is 1.10 bits per heavy atom. The van der Waals surface area contributed by atoms with Crippen molar-refractivity contribution in [3.8, 4) is 0 Å². The quantitative estimate of drug-likeness (QED) is 0.716. The fourth-order valence-electron chi connectivity index (χ4n) is 3.99. The molecule has 1 aromatic carbocycles. The number of nitrogens with one attached hydrogen (secondary N) is 1. The number of likely N-dealkylation sites (tertiary alicyclic amines) is 1. The zero-order valence-electron chi connectivity index (χ0n) is 19.4. The van der Waals surface area contributed by atoms with E-state index in [2.05, 4.69) is 5.32 Å². The molecule has 172 valence electrons. The monoisotopic (exact) mass is 433 g/mol. The predicted octanol–water partition coefficient (Wildman–Crippen LogP) is 3.47. The van der Waals surface area contributed by atoms with E-state index in [1.807, 2.05) is 39.5 Å². The lowest BCUT2D eigenvalue weighted by atomic mass is 9.86. The lowest BCUT2D eigenvalue weighted by Crippen LogP contribution is -2.54. The molecule has 1 atom stereocenters. The molecule has 1 heterocycles. The highest BCUT2D eigenvalue weighted by Gasteiger charge is 2.36. The average molecular weight is 434 g/mol. The number of rotatable bonds is 7. The molecule has 0 spiro atoms. The first-order valence-corrected chi connectivity index (χ1v) is 11.2. The van der Waals surface area contributed by atoms with Crippen molar-refractivity contribution in [2.45, 2.75) is 59.9 Å². The molecule has 3 amide bonds. The molecule has 0 aromatic heterocycles. The van der Waals surface area contributed by atoms with E-state index < -0.39 is 17.8 Å². The third kappa shape index (κ3) is 7.04. The van der Waals surface area contributed by atoms with Gasteiger partial charge in [-0.25, -0.2) is 4.39 Å². The van der Waals surface area contributed by atoms with E-state index in [-0.39, 0.29) is 23.1 Å². The fourth-order valence-corrected chi connectivity index (χ4v) is 3.99. The van der Waals surface area contributed by atoms with Gasteiger partial charge >= 0.3 is 0 Å². The van der Waals surface area contributed by atoms with Gasteiger partial charge in [0.25, 0.3) is 5.91 Å². The Labute approximate surface area is 185 Å². The number of carbonyl (C=O) groups excluding carboxylic acids is 3. The molecule has 1 aliphatic heterocycles. The van der Waals surface area contributed by atoms with Crippen LogP contribution in [0.2, 0.25) is 0 Å². The Balaban J connectivity index is 2.12. The van der Waals surface area contributed by atoms with Gasteiger partial charge in [-0.15, -0.1) is 0 Å². The summed E-state index contributed by atoms with van der Waals surface area (Å²) in [5.41, 5.74) is 0.245. The van der Waals surface area contributed by atoms with Gasteiger partial charge in [-0.2, -0.15) is 0 Å². The maximum Gasteiger partial charge on any atom is 0.251 e. The first kappa shape index (κ1) is 24.8. The van der Waals surface area contributed by atoms with E-state index in [1.165, 1.54) is 24.3 Å². The molecule has 0 bridgehead atoms. The molecule has 0 aliphatic carbocycles. The zero-order valence-corrected chi connectivity index (χ0v) is 19.4. The van der Waals surface area contributed by atoms with Crippen LogP contribution in [-0.2, 0) is 9.59 Å². The average Bonchev–Trinajstić information content (AvgIpc) is 2.72. The molecule has 0 saturated carbocycles. The topological polar surface area (TPSA) is 69.7 Å². The minimum absolute atomic E-state index is 0.0591. The second-order valence-electron chi connectivity index (χ2n) is 9.42. The van der Waals surface area contributed by atoms with Crippen molar-refractivity contribution in [2.24, 2.45) is 11.3 Å². The zero-order chi connectivity index (χ0) is 23.2. The van der Waals surface area contributed by atoms with Gasteiger partial charge in [-0.05, 0) is 62.3 Å². The van der Waals surface area contributed by atoms with Crippen LogP contribution in [0.5, 0.6) is 0 Å². The Hall–Kier alpha value is -2.44. The summed E-state index contributed by atoms with van der Waals surface area (Å²) in [4.78, 5) is 42.1. The van der Waals surface area contributed by atoms with Gasteiger partial charge in [-0.3, -0.25) is 14.4 Å². The lowest BCUT2D eigenvalue weighted by Gasteiger charge is -2.38. The van der Waals surface area contributed by atoms with Crippen molar-refractivity contribution in [3.05, 3.63) is 35.6 Å². The standard InChI is InChI=1S/C24H36FN3O3/c1-6-27(7-2)23(31)21(26-22(30)18-8-10-19(25)11-9-18)17-12-14-28(15-13-17)20(29)16-24(3,4)5/h8-11,17,21H,6-7,12-16H2,1-5H3,(H,26,30)/t21-/m0/s1. The smallest absolute Gasteiger partial charge is 0.251 e. The molecule has 0 radical (unpaired) electrons. The van der Waals surface area contributed by atoms with Crippen molar-refractivity contribution in [3.63, 3.8) is 0 Å². The third-order valence-corrected chi connectivity index (χ3v) is 5.78. The number of benzene rings is 1. The van der Waals surface area contributed by atoms with Crippen LogP contribution in [-0.4, -0.2) is 59.7 Å². The highest BCUT2D eigenvalue weighted by Crippen LogP contribution is 2.26. The Morgan fingerprint density at radius 3 is 2.13 bits per heavy atom. The van der Waals surface area contributed by atoms with Gasteiger partial charge in [0.15, 0.2) is 0 Å². The van der Waals surface area contributed by atoms with Gasteiger partial charge in [0.05, 0.1) is 0 Å². The summed E-state index contributed by atoms with van der Waals surface area (Å²) < 4.78 is 13.2. The summed E-state index contributed by atoms with van der Waals surface area (Å²) in [6.07, 6.45) is 1.79. The van der Waals surface area contributed by atoms with Crippen LogP contribution in [0.1, 0.15) is 64.2 Å². The SMILES string of the molecule is CCN(CC)C(=O)[C@@H](NC(=O)c1ccc(F)cc1)C1CCN(C(=O)CC(C)(C)C)CC1. The molecule has 7 heteroatoms. The highest BCUT2D eigenvalue weighted by atomic mass is 19.1. The predicted molar refractivity (Wildman–Crippen MR) is 119 cm³/mol. The van der Waals surface area contributed by atoms with E-state index in [4.69, 9.17) is 0 Å². The van der Waals surface area contributed by atoms with Gasteiger partial charge in [0.1, 0.15) is 11.9 Å². The van der Waals surface area contributed by atoms with E-state index in [0.29, 0.717) is 51.0 Å². The number of amides is 3. The normalized spacial score (nSPS) is 16.0. The summed E-state index contributed by atoms with van der Waals surface area (Å²) in [6.45, 7) is 12.2. The van der Waals surface area contributed by atoms with E-state index >= 15 is 0 Å². The molecule has 2 rings (SSSR count). The first-order valence-electron chi connectivity index (χ1n) is 11.2.